The monoisotopic (exact) mass is 457 g/mol. The zero-order valence-corrected chi connectivity index (χ0v) is 17.7. The lowest BCUT2D eigenvalue weighted by Gasteiger charge is -2.23. The molecule has 3 rings (SSSR count). The van der Waals surface area contributed by atoms with E-state index in [4.69, 9.17) is 10.8 Å². The number of aliphatic imine (C=N–C) groups is 1. The van der Waals surface area contributed by atoms with Crippen molar-refractivity contribution < 1.29 is 24.6 Å². The molecule has 0 radical (unpaired) electrons. The van der Waals surface area contributed by atoms with Gasteiger partial charge in [0.2, 0.25) is 5.95 Å². The van der Waals surface area contributed by atoms with Crippen molar-refractivity contribution in [3.05, 3.63) is 40.2 Å². The molecule has 1 amide bonds. The number of aromatic nitrogens is 2. The fourth-order valence-electron chi connectivity index (χ4n) is 3.19. The Labute approximate surface area is 187 Å². The van der Waals surface area contributed by atoms with Crippen LogP contribution in [0.4, 0.5) is 23.1 Å². The standard InChI is InChI=1S/C20H23N7O6/c1-27(9-11-8-22-16-15(23-11)18(31)26-20(21)25-16)12-4-2-10(3-5-12)17(30)24-13(19(32)33)6-7-14(28)29/h2-5,13H,6-9H2,1H3,(H,24,30)(H,28,29)(H,32,33)(H4,21,22,25,26,31)/t13-/m0/s1. The molecule has 1 aromatic carbocycles. The van der Waals surface area contributed by atoms with Crippen LogP contribution in [0.5, 0.6) is 0 Å². The van der Waals surface area contributed by atoms with Gasteiger partial charge in [-0.3, -0.25) is 19.4 Å². The van der Waals surface area contributed by atoms with Gasteiger partial charge in [-0.15, -0.1) is 0 Å². The number of aromatic amines is 1. The highest BCUT2D eigenvalue weighted by molar-refractivity contribution is 5.98. The molecule has 1 atom stereocenters. The third-order valence-corrected chi connectivity index (χ3v) is 4.88. The van der Waals surface area contributed by atoms with Crippen LogP contribution in [0.25, 0.3) is 0 Å². The van der Waals surface area contributed by atoms with Crippen molar-refractivity contribution in [1.82, 2.24) is 15.3 Å². The van der Waals surface area contributed by atoms with Crippen molar-refractivity contribution in [3.63, 3.8) is 0 Å². The molecule has 0 spiro atoms. The van der Waals surface area contributed by atoms with Gasteiger partial charge >= 0.3 is 11.9 Å². The molecular weight excluding hydrogens is 434 g/mol. The highest BCUT2D eigenvalue weighted by atomic mass is 16.4. The molecule has 13 heteroatoms. The first kappa shape index (κ1) is 23.2. The molecule has 1 aromatic heterocycles. The second kappa shape index (κ2) is 9.80. The van der Waals surface area contributed by atoms with Crippen LogP contribution in [0, 0.1) is 0 Å². The van der Waals surface area contributed by atoms with Crippen molar-refractivity contribution in [1.29, 1.82) is 0 Å². The number of carbonyl (C=O) groups is 3. The second-order valence-corrected chi connectivity index (χ2v) is 7.38. The van der Waals surface area contributed by atoms with Crippen LogP contribution in [0.15, 0.2) is 34.1 Å². The SMILES string of the molecule is CN(CC1=Nc2c(nc(N)[nH]c2=O)NC1)c1ccc(C(=O)N[C@@H](CCC(=O)O)C(=O)O)cc1. The van der Waals surface area contributed by atoms with Crippen LogP contribution < -0.4 is 26.8 Å². The van der Waals surface area contributed by atoms with E-state index in [1.807, 2.05) is 11.9 Å². The molecule has 13 nitrogen and oxygen atoms in total. The van der Waals surface area contributed by atoms with Crippen LogP contribution in [0.3, 0.4) is 0 Å². The number of nitrogens with two attached hydrogens (primary N) is 1. The minimum Gasteiger partial charge on any atom is -0.481 e. The number of nitrogen functional groups attached to an aromatic ring is 1. The first-order valence-electron chi connectivity index (χ1n) is 9.91. The summed E-state index contributed by atoms with van der Waals surface area (Å²) in [7, 11) is 1.81. The Kier molecular flexibility index (Phi) is 6.91. The van der Waals surface area contributed by atoms with E-state index in [1.165, 1.54) is 12.1 Å². The smallest absolute Gasteiger partial charge is 0.326 e. The minimum atomic E-state index is -1.30. The highest BCUT2D eigenvalue weighted by Crippen LogP contribution is 2.22. The summed E-state index contributed by atoms with van der Waals surface area (Å²) in [6.45, 7) is 0.763. The fourth-order valence-corrected chi connectivity index (χ4v) is 3.19. The number of rotatable bonds is 9. The Balaban J connectivity index is 1.65. The average Bonchev–Trinajstić information content (AvgIpc) is 2.76. The number of hydrogen-bond acceptors (Lipinski definition) is 9. The van der Waals surface area contributed by atoms with E-state index < -0.39 is 29.4 Å². The number of nitrogens with zero attached hydrogens (tertiary/aromatic N) is 3. The summed E-state index contributed by atoms with van der Waals surface area (Å²) in [6, 6.07) is 5.13. The predicted molar refractivity (Wildman–Crippen MR) is 120 cm³/mol. The lowest BCUT2D eigenvalue weighted by Crippen LogP contribution is -2.41. The maximum Gasteiger partial charge on any atom is 0.326 e. The van der Waals surface area contributed by atoms with E-state index in [2.05, 4.69) is 25.6 Å². The Bertz CT molecular complexity index is 1160. The van der Waals surface area contributed by atoms with E-state index in [-0.39, 0.29) is 30.0 Å². The third-order valence-electron chi connectivity index (χ3n) is 4.88. The van der Waals surface area contributed by atoms with Crippen LogP contribution in [-0.2, 0) is 9.59 Å². The van der Waals surface area contributed by atoms with Gasteiger partial charge in [0.1, 0.15) is 6.04 Å². The predicted octanol–water partition coefficient (Wildman–Crippen LogP) is 0.0343. The molecule has 33 heavy (non-hydrogen) atoms. The number of benzene rings is 1. The summed E-state index contributed by atoms with van der Waals surface area (Å²) in [5.41, 5.74) is 6.92. The van der Waals surface area contributed by atoms with E-state index in [0.29, 0.717) is 24.6 Å². The maximum atomic E-state index is 12.4. The Morgan fingerprint density at radius 1 is 1.24 bits per heavy atom. The zero-order chi connectivity index (χ0) is 24.1. The number of anilines is 3. The minimum absolute atomic E-state index is 0.00251. The Morgan fingerprint density at radius 2 is 1.94 bits per heavy atom. The van der Waals surface area contributed by atoms with Crippen LogP contribution >= 0.6 is 0 Å². The summed E-state index contributed by atoms with van der Waals surface area (Å²) < 4.78 is 0. The summed E-state index contributed by atoms with van der Waals surface area (Å²) in [5, 5.41) is 23.2. The van der Waals surface area contributed by atoms with Crippen molar-refractivity contribution in [2.75, 3.05) is 36.1 Å². The van der Waals surface area contributed by atoms with E-state index in [0.717, 1.165) is 5.69 Å². The third kappa shape index (κ3) is 5.84. The summed E-state index contributed by atoms with van der Waals surface area (Å²) in [4.78, 5) is 59.0. The molecule has 7 N–H and O–H groups in total. The van der Waals surface area contributed by atoms with Gasteiger partial charge in [0, 0.05) is 24.7 Å². The van der Waals surface area contributed by atoms with Gasteiger partial charge < -0.3 is 31.5 Å². The molecule has 0 saturated carbocycles. The Morgan fingerprint density at radius 3 is 2.58 bits per heavy atom. The van der Waals surface area contributed by atoms with Crippen molar-refractivity contribution in [3.8, 4) is 0 Å². The number of H-pyrrole nitrogens is 1. The van der Waals surface area contributed by atoms with Crippen LogP contribution in [0.1, 0.15) is 23.2 Å². The van der Waals surface area contributed by atoms with E-state index in [1.54, 1.807) is 12.1 Å². The van der Waals surface area contributed by atoms with Gasteiger partial charge in [0.25, 0.3) is 11.5 Å². The van der Waals surface area contributed by atoms with Gasteiger partial charge in [-0.2, -0.15) is 4.98 Å². The molecule has 1 aliphatic rings. The van der Waals surface area contributed by atoms with Crippen molar-refractivity contribution in [2.45, 2.75) is 18.9 Å². The lowest BCUT2D eigenvalue weighted by molar-refractivity contribution is -0.140. The summed E-state index contributed by atoms with van der Waals surface area (Å²) in [6.07, 6.45) is -0.596. The molecule has 2 aromatic rings. The summed E-state index contributed by atoms with van der Waals surface area (Å²) >= 11 is 0. The van der Waals surface area contributed by atoms with Crippen LogP contribution in [0.2, 0.25) is 0 Å². The summed E-state index contributed by atoms with van der Waals surface area (Å²) in [5.74, 6) is -2.75. The second-order valence-electron chi connectivity index (χ2n) is 7.38. The first-order chi connectivity index (χ1) is 15.6. The molecule has 0 bridgehead atoms. The van der Waals surface area contributed by atoms with Gasteiger partial charge in [0.05, 0.1) is 18.8 Å². The molecule has 174 valence electrons. The van der Waals surface area contributed by atoms with Gasteiger partial charge in [-0.05, 0) is 30.7 Å². The van der Waals surface area contributed by atoms with Crippen molar-refractivity contribution in [2.24, 2.45) is 4.99 Å². The quantitative estimate of drug-likeness (QED) is 0.298. The van der Waals surface area contributed by atoms with Gasteiger partial charge in [0.15, 0.2) is 11.5 Å². The largest absolute Gasteiger partial charge is 0.481 e. The zero-order valence-electron chi connectivity index (χ0n) is 17.7. The lowest BCUT2D eigenvalue weighted by atomic mass is 10.1. The number of carbonyl (C=O) groups excluding carboxylic acids is 1. The fraction of sp³-hybridized carbons (Fsp3) is 0.300. The topological polar surface area (TPSA) is 203 Å². The maximum absolute atomic E-state index is 12.4. The molecule has 0 unspecified atom stereocenters. The number of carboxylic acid groups (broad SMARTS) is 2. The number of carboxylic acids is 2. The van der Waals surface area contributed by atoms with E-state index in [9.17, 15) is 24.3 Å². The first-order valence-corrected chi connectivity index (χ1v) is 9.91. The molecule has 0 fully saturated rings. The highest BCUT2D eigenvalue weighted by Gasteiger charge is 2.22. The van der Waals surface area contributed by atoms with Gasteiger partial charge in [-0.25, -0.2) is 9.79 Å². The van der Waals surface area contributed by atoms with E-state index >= 15 is 0 Å². The number of amides is 1. The molecular formula is C20H23N7O6. The molecule has 2 heterocycles. The number of hydrogen-bond donors (Lipinski definition) is 6. The van der Waals surface area contributed by atoms with Crippen molar-refractivity contribution >= 4 is 46.7 Å². The van der Waals surface area contributed by atoms with Gasteiger partial charge in [-0.1, -0.05) is 0 Å². The average molecular weight is 457 g/mol. The molecule has 0 aliphatic carbocycles. The molecule has 0 saturated heterocycles. The Hall–Kier alpha value is -4.42. The van der Waals surface area contributed by atoms with Crippen LogP contribution in [-0.4, -0.2) is 69.9 Å². The molecule has 1 aliphatic heterocycles. The normalized spacial score (nSPS) is 13.2. The number of nitrogens with one attached hydrogen (secondary N) is 3. The number of fused-ring (bicyclic) bond motifs is 1. The number of aliphatic carboxylic acids is 2.